The van der Waals surface area contributed by atoms with E-state index in [1.165, 1.54) is 18.2 Å². The number of urea groups is 1. The van der Waals surface area contributed by atoms with Gasteiger partial charge in [0.2, 0.25) is 0 Å². The zero-order valence-corrected chi connectivity index (χ0v) is 19.6. The smallest absolute Gasteiger partial charge is 0.317 e. The first-order valence-corrected chi connectivity index (χ1v) is 11.8. The zero-order valence-electron chi connectivity index (χ0n) is 19.6. The first-order chi connectivity index (χ1) is 16.2. The molecule has 4 atom stereocenters. The van der Waals surface area contributed by atoms with Crippen LogP contribution in [0.1, 0.15) is 50.8 Å². The van der Waals surface area contributed by atoms with Gasteiger partial charge >= 0.3 is 6.03 Å². The number of rotatable bonds is 4. The van der Waals surface area contributed by atoms with E-state index in [0.717, 1.165) is 24.1 Å². The Bertz CT molecular complexity index is 1110. The summed E-state index contributed by atoms with van der Waals surface area (Å²) >= 11 is 0. The monoisotopic (exact) mass is 472 g/mol. The molecule has 2 heterocycles. The third kappa shape index (κ3) is 3.24. The molecule has 0 radical (unpaired) electrons. The number of benzene rings is 1. The van der Waals surface area contributed by atoms with Crippen LogP contribution in [-0.4, -0.2) is 64.7 Å². The molecule has 5 rings (SSSR count). The molecule has 2 amide bonds. The standard InChI is InChI=1S/C25H30F2N4O3/c1-14(13-32)28-23(33)31-9-10-34-20(12-31)25-8-7-16(24(25,2)3)15-11-19(29-30-22(15)25)21-17(26)5-4-6-18(21)27/h4-6,11,14,16,20,32H,7-10,12-13H2,1-3H3,(H,28,33)/t14?,16-,20-,25-/m0/s1. The van der Waals surface area contributed by atoms with Crippen LogP contribution < -0.4 is 5.32 Å². The predicted octanol–water partition coefficient (Wildman–Crippen LogP) is 3.37. The van der Waals surface area contributed by atoms with Gasteiger partial charge in [0.15, 0.2) is 0 Å². The van der Waals surface area contributed by atoms with E-state index in [2.05, 4.69) is 29.4 Å². The van der Waals surface area contributed by atoms with Gasteiger partial charge in [0.25, 0.3) is 0 Å². The highest BCUT2D eigenvalue weighted by atomic mass is 19.1. The van der Waals surface area contributed by atoms with E-state index in [1.54, 1.807) is 17.9 Å². The fraction of sp³-hybridized carbons (Fsp3) is 0.560. The van der Waals surface area contributed by atoms with E-state index in [9.17, 15) is 18.7 Å². The van der Waals surface area contributed by atoms with Crippen molar-refractivity contribution < 1.29 is 23.4 Å². The molecule has 1 unspecified atom stereocenters. The van der Waals surface area contributed by atoms with Gasteiger partial charge in [-0.1, -0.05) is 19.9 Å². The second-order valence-corrected chi connectivity index (χ2v) is 10.3. The molecule has 9 heteroatoms. The number of aliphatic hydroxyl groups is 1. The van der Waals surface area contributed by atoms with E-state index >= 15 is 0 Å². The molecule has 1 aliphatic heterocycles. The number of hydrogen-bond acceptors (Lipinski definition) is 5. The topological polar surface area (TPSA) is 87.6 Å². The van der Waals surface area contributed by atoms with Crippen LogP contribution >= 0.6 is 0 Å². The fourth-order valence-electron chi connectivity index (χ4n) is 6.42. The van der Waals surface area contributed by atoms with Gasteiger partial charge in [-0.2, -0.15) is 10.2 Å². The third-order valence-electron chi connectivity index (χ3n) is 8.24. The Morgan fingerprint density at radius 2 is 2.06 bits per heavy atom. The molecule has 34 heavy (non-hydrogen) atoms. The molecule has 182 valence electrons. The van der Waals surface area contributed by atoms with Crippen LogP contribution in [0.3, 0.4) is 0 Å². The van der Waals surface area contributed by atoms with Crippen molar-refractivity contribution in [2.45, 2.75) is 57.1 Å². The third-order valence-corrected chi connectivity index (χ3v) is 8.24. The molecule has 2 aromatic rings. The van der Waals surface area contributed by atoms with Crippen LogP contribution in [0.5, 0.6) is 0 Å². The molecule has 2 bridgehead atoms. The molecule has 1 saturated heterocycles. The number of halogens is 2. The van der Waals surface area contributed by atoms with Crippen molar-refractivity contribution in [3.8, 4) is 11.3 Å². The van der Waals surface area contributed by atoms with Crippen molar-refractivity contribution in [2.24, 2.45) is 5.41 Å². The summed E-state index contributed by atoms with van der Waals surface area (Å²) in [6, 6.07) is 4.99. The average molecular weight is 473 g/mol. The molecule has 1 aromatic carbocycles. The Hall–Kier alpha value is -2.65. The van der Waals surface area contributed by atoms with Crippen molar-refractivity contribution in [3.63, 3.8) is 0 Å². The van der Waals surface area contributed by atoms with Gasteiger partial charge in [-0.25, -0.2) is 13.6 Å². The number of nitrogens with zero attached hydrogens (tertiary/aromatic N) is 3. The highest BCUT2D eigenvalue weighted by molar-refractivity contribution is 5.74. The summed E-state index contributed by atoms with van der Waals surface area (Å²) in [6.45, 7) is 7.24. The van der Waals surface area contributed by atoms with E-state index in [-0.39, 0.29) is 47.4 Å². The van der Waals surface area contributed by atoms with E-state index < -0.39 is 17.0 Å². The number of morpholine rings is 1. The zero-order chi connectivity index (χ0) is 24.3. The minimum atomic E-state index is -0.666. The van der Waals surface area contributed by atoms with E-state index in [4.69, 9.17) is 4.74 Å². The molecule has 3 aliphatic rings. The Morgan fingerprint density at radius 1 is 1.32 bits per heavy atom. The average Bonchev–Trinajstić information content (AvgIpc) is 3.20. The molecular formula is C25H30F2N4O3. The number of nitrogens with one attached hydrogen (secondary N) is 1. The highest BCUT2D eigenvalue weighted by Gasteiger charge is 2.67. The summed E-state index contributed by atoms with van der Waals surface area (Å²) in [5, 5.41) is 20.9. The summed E-state index contributed by atoms with van der Waals surface area (Å²) in [6.07, 6.45) is 1.45. The van der Waals surface area contributed by atoms with Crippen LogP contribution in [-0.2, 0) is 10.2 Å². The molecule has 2 N–H and O–H groups in total. The summed E-state index contributed by atoms with van der Waals surface area (Å²) in [5.74, 6) is -1.18. The Labute approximate surface area is 197 Å². The largest absolute Gasteiger partial charge is 0.394 e. The van der Waals surface area contributed by atoms with Gasteiger partial charge in [0.1, 0.15) is 11.6 Å². The van der Waals surface area contributed by atoms with Gasteiger partial charge in [-0.3, -0.25) is 0 Å². The van der Waals surface area contributed by atoms with Gasteiger partial charge in [-0.15, -0.1) is 0 Å². The van der Waals surface area contributed by atoms with Crippen molar-refractivity contribution in [1.29, 1.82) is 0 Å². The van der Waals surface area contributed by atoms with Crippen LogP contribution in [0.2, 0.25) is 0 Å². The molecule has 7 nitrogen and oxygen atoms in total. The molecule has 2 fully saturated rings. The lowest BCUT2D eigenvalue weighted by molar-refractivity contribution is -0.0821. The van der Waals surface area contributed by atoms with Crippen molar-refractivity contribution in [1.82, 2.24) is 20.4 Å². The maximum Gasteiger partial charge on any atom is 0.317 e. The first-order valence-electron chi connectivity index (χ1n) is 11.8. The van der Waals surface area contributed by atoms with Gasteiger partial charge in [-0.05, 0) is 54.9 Å². The van der Waals surface area contributed by atoms with E-state index in [0.29, 0.717) is 19.7 Å². The SMILES string of the molecule is CC(CO)NC(=O)N1CCO[C@H]([C@@]23CC[C@@H](c4cc(-c5c(F)cccc5F)nnc42)C3(C)C)C1. The van der Waals surface area contributed by atoms with Crippen LogP contribution in [0.15, 0.2) is 24.3 Å². The number of ether oxygens (including phenoxy) is 1. The Balaban J connectivity index is 1.51. The summed E-state index contributed by atoms with van der Waals surface area (Å²) in [4.78, 5) is 14.5. The maximum atomic E-state index is 14.4. The predicted molar refractivity (Wildman–Crippen MR) is 121 cm³/mol. The number of carbonyl (C=O) groups is 1. The summed E-state index contributed by atoms with van der Waals surface area (Å²) < 4.78 is 35.2. The number of aromatic nitrogens is 2. The number of fused-ring (bicyclic) bond motifs is 5. The summed E-state index contributed by atoms with van der Waals surface area (Å²) in [7, 11) is 0. The fourth-order valence-corrected chi connectivity index (χ4v) is 6.42. The number of aliphatic hydroxyl groups excluding tert-OH is 1. The van der Waals surface area contributed by atoms with Crippen molar-refractivity contribution in [2.75, 3.05) is 26.3 Å². The lowest BCUT2D eigenvalue weighted by Gasteiger charge is -2.47. The maximum absolute atomic E-state index is 14.4. The molecule has 0 spiro atoms. The normalized spacial score (nSPS) is 28.0. The lowest BCUT2D eigenvalue weighted by Crippen LogP contribution is -2.59. The quantitative estimate of drug-likeness (QED) is 0.713. The van der Waals surface area contributed by atoms with Gasteiger partial charge < -0.3 is 20.1 Å². The Morgan fingerprint density at radius 3 is 2.76 bits per heavy atom. The number of hydrogen-bond donors (Lipinski definition) is 2. The van der Waals surface area contributed by atoms with Crippen LogP contribution in [0.4, 0.5) is 13.6 Å². The molecule has 1 saturated carbocycles. The van der Waals surface area contributed by atoms with Crippen LogP contribution in [0.25, 0.3) is 11.3 Å². The minimum absolute atomic E-state index is 0.133. The second-order valence-electron chi connectivity index (χ2n) is 10.3. The molecular weight excluding hydrogens is 442 g/mol. The van der Waals surface area contributed by atoms with Crippen molar-refractivity contribution >= 4 is 6.03 Å². The molecule has 1 aromatic heterocycles. The second kappa shape index (κ2) is 8.23. The highest BCUT2D eigenvalue weighted by Crippen LogP contribution is 2.69. The van der Waals surface area contributed by atoms with Crippen molar-refractivity contribution in [3.05, 3.63) is 47.2 Å². The van der Waals surface area contributed by atoms with Gasteiger partial charge in [0, 0.05) is 18.5 Å². The Kier molecular flexibility index (Phi) is 5.60. The first kappa shape index (κ1) is 23.1. The minimum Gasteiger partial charge on any atom is -0.394 e. The molecule has 2 aliphatic carbocycles. The lowest BCUT2D eigenvalue weighted by atomic mass is 9.64. The van der Waals surface area contributed by atoms with E-state index in [1.807, 2.05) is 0 Å². The van der Waals surface area contributed by atoms with Gasteiger partial charge in [0.05, 0.1) is 42.3 Å². The number of amides is 2. The number of carbonyl (C=O) groups excluding carboxylic acids is 1. The summed E-state index contributed by atoms with van der Waals surface area (Å²) in [5.41, 5.74) is 1.10. The van der Waals surface area contributed by atoms with Crippen LogP contribution in [0, 0.1) is 17.0 Å².